The number of hydrogen-bond donors (Lipinski definition) is 1. The van der Waals surface area contributed by atoms with Gasteiger partial charge in [-0.3, -0.25) is 4.79 Å². The Bertz CT molecular complexity index is 205. The maximum atomic E-state index is 11.1. The summed E-state index contributed by atoms with van der Waals surface area (Å²) in [5.74, 6) is 1.49. The third-order valence-corrected chi connectivity index (χ3v) is 3.36. The first-order valence-corrected chi connectivity index (χ1v) is 4.69. The number of rotatable bonds is 0. The first kappa shape index (κ1) is 8.05. The molecule has 1 amide bonds. The van der Waals surface area contributed by atoms with E-state index in [9.17, 15) is 4.79 Å². The van der Waals surface area contributed by atoms with E-state index in [1.165, 1.54) is 6.42 Å². The van der Waals surface area contributed by atoms with Crippen molar-refractivity contribution in [3.8, 4) is 0 Å². The van der Waals surface area contributed by atoms with Crippen molar-refractivity contribution in [2.75, 3.05) is 13.1 Å². The van der Waals surface area contributed by atoms with Gasteiger partial charge in [-0.05, 0) is 24.7 Å². The number of hydrogen-bond acceptors (Lipinski definition) is 2. The van der Waals surface area contributed by atoms with Crippen molar-refractivity contribution < 1.29 is 4.79 Å². The fourth-order valence-electron chi connectivity index (χ4n) is 2.56. The van der Waals surface area contributed by atoms with Crippen molar-refractivity contribution in [2.24, 2.45) is 17.6 Å². The van der Waals surface area contributed by atoms with E-state index in [2.05, 4.69) is 0 Å². The molecule has 1 saturated carbocycles. The van der Waals surface area contributed by atoms with Gasteiger partial charge in [-0.2, -0.15) is 0 Å². The zero-order chi connectivity index (χ0) is 8.72. The number of carbonyl (C=O) groups excluding carboxylic acids is 1. The van der Waals surface area contributed by atoms with Crippen LogP contribution in [0.4, 0.5) is 0 Å². The second kappa shape index (κ2) is 2.73. The minimum absolute atomic E-state index is 0.205. The molecule has 0 bridgehead atoms. The summed E-state index contributed by atoms with van der Waals surface area (Å²) in [4.78, 5) is 13.0. The van der Waals surface area contributed by atoms with Crippen molar-refractivity contribution in [1.82, 2.24) is 4.90 Å². The fraction of sp³-hybridized carbons (Fsp3) is 0.889. The lowest BCUT2D eigenvalue weighted by Crippen LogP contribution is -2.32. The Labute approximate surface area is 72.9 Å². The molecule has 0 aromatic rings. The van der Waals surface area contributed by atoms with Crippen molar-refractivity contribution in [3.05, 3.63) is 0 Å². The van der Waals surface area contributed by atoms with Crippen LogP contribution >= 0.6 is 0 Å². The van der Waals surface area contributed by atoms with Gasteiger partial charge >= 0.3 is 0 Å². The van der Waals surface area contributed by atoms with E-state index in [0.29, 0.717) is 17.9 Å². The predicted octanol–water partition coefficient (Wildman–Crippen LogP) is 0.202. The number of carbonyl (C=O) groups is 1. The normalized spacial score (nSPS) is 40.2. The largest absolute Gasteiger partial charge is 0.342 e. The van der Waals surface area contributed by atoms with Gasteiger partial charge in [-0.25, -0.2) is 0 Å². The molecule has 1 aliphatic heterocycles. The zero-order valence-corrected chi connectivity index (χ0v) is 7.49. The summed E-state index contributed by atoms with van der Waals surface area (Å²) in [6.45, 7) is 3.50. The molecule has 68 valence electrons. The van der Waals surface area contributed by atoms with Crippen molar-refractivity contribution >= 4 is 5.91 Å². The van der Waals surface area contributed by atoms with Crippen LogP contribution in [0.25, 0.3) is 0 Å². The standard InChI is InChI=1S/C9H16N2O/c1-6(12)11-4-7-2-3-9(10)8(7)5-11/h7-9H,2-5,10H2,1H3. The smallest absolute Gasteiger partial charge is 0.219 e. The maximum absolute atomic E-state index is 11.1. The second-order valence-corrected chi connectivity index (χ2v) is 4.09. The lowest BCUT2D eigenvalue weighted by molar-refractivity contribution is -0.128. The van der Waals surface area contributed by atoms with Gasteiger partial charge in [-0.15, -0.1) is 0 Å². The molecule has 0 aromatic carbocycles. The highest BCUT2D eigenvalue weighted by molar-refractivity contribution is 5.73. The first-order chi connectivity index (χ1) is 5.68. The highest BCUT2D eigenvalue weighted by Gasteiger charge is 2.41. The molecular weight excluding hydrogens is 152 g/mol. The quantitative estimate of drug-likeness (QED) is 0.561. The molecule has 2 N–H and O–H groups in total. The van der Waals surface area contributed by atoms with E-state index in [-0.39, 0.29) is 5.91 Å². The lowest BCUT2D eigenvalue weighted by atomic mass is 9.98. The number of likely N-dealkylation sites (tertiary alicyclic amines) is 1. The molecule has 0 spiro atoms. The molecule has 3 unspecified atom stereocenters. The van der Waals surface area contributed by atoms with Crippen LogP contribution in [-0.4, -0.2) is 29.9 Å². The summed E-state index contributed by atoms with van der Waals surface area (Å²) in [6.07, 6.45) is 2.37. The van der Waals surface area contributed by atoms with E-state index in [1.54, 1.807) is 6.92 Å². The third-order valence-electron chi connectivity index (χ3n) is 3.36. The molecule has 0 radical (unpaired) electrons. The molecule has 2 rings (SSSR count). The Balaban J connectivity index is 2.03. The minimum Gasteiger partial charge on any atom is -0.342 e. The molecule has 3 heteroatoms. The summed E-state index contributed by atoms with van der Waals surface area (Å²) in [5, 5.41) is 0. The van der Waals surface area contributed by atoms with Crippen LogP contribution in [0.15, 0.2) is 0 Å². The molecule has 3 nitrogen and oxygen atoms in total. The molecular formula is C9H16N2O. The summed E-state index contributed by atoms with van der Waals surface area (Å²) in [5.41, 5.74) is 5.94. The number of nitrogens with zero attached hydrogens (tertiary/aromatic N) is 1. The predicted molar refractivity (Wildman–Crippen MR) is 46.4 cm³/mol. The molecule has 12 heavy (non-hydrogen) atoms. The van der Waals surface area contributed by atoms with E-state index in [4.69, 9.17) is 5.73 Å². The van der Waals surface area contributed by atoms with Gasteiger partial charge in [0.15, 0.2) is 0 Å². The van der Waals surface area contributed by atoms with Crippen LogP contribution in [0.2, 0.25) is 0 Å². The summed E-state index contributed by atoms with van der Waals surface area (Å²) in [6, 6.07) is 0.347. The summed E-state index contributed by atoms with van der Waals surface area (Å²) >= 11 is 0. The van der Waals surface area contributed by atoms with Crippen LogP contribution in [0.1, 0.15) is 19.8 Å². The summed E-state index contributed by atoms with van der Waals surface area (Å²) in [7, 11) is 0. The molecule has 2 fully saturated rings. The van der Waals surface area contributed by atoms with E-state index >= 15 is 0 Å². The highest BCUT2D eigenvalue weighted by Crippen LogP contribution is 2.36. The lowest BCUT2D eigenvalue weighted by Gasteiger charge is -2.16. The van der Waals surface area contributed by atoms with Gasteiger partial charge in [-0.1, -0.05) is 0 Å². The minimum atomic E-state index is 0.205. The Kier molecular flexibility index (Phi) is 1.83. The van der Waals surface area contributed by atoms with Gasteiger partial charge in [0.05, 0.1) is 0 Å². The van der Waals surface area contributed by atoms with Crippen molar-refractivity contribution in [2.45, 2.75) is 25.8 Å². The molecule has 2 aliphatic rings. The molecule has 3 atom stereocenters. The van der Waals surface area contributed by atoms with Gasteiger partial charge in [0.1, 0.15) is 0 Å². The van der Waals surface area contributed by atoms with E-state index in [1.807, 2.05) is 4.90 Å². The molecule has 1 heterocycles. The second-order valence-electron chi connectivity index (χ2n) is 4.09. The van der Waals surface area contributed by atoms with Gasteiger partial charge in [0.2, 0.25) is 5.91 Å². The maximum Gasteiger partial charge on any atom is 0.219 e. The van der Waals surface area contributed by atoms with Crippen molar-refractivity contribution in [1.29, 1.82) is 0 Å². The number of fused-ring (bicyclic) bond motifs is 1. The molecule has 1 saturated heterocycles. The Morgan fingerprint density at radius 2 is 2.17 bits per heavy atom. The van der Waals surface area contributed by atoms with Gasteiger partial charge < -0.3 is 10.6 Å². The average Bonchev–Trinajstić information content (AvgIpc) is 2.53. The number of amides is 1. The average molecular weight is 168 g/mol. The van der Waals surface area contributed by atoms with E-state index in [0.717, 1.165) is 19.5 Å². The van der Waals surface area contributed by atoms with Crippen LogP contribution in [0, 0.1) is 11.8 Å². The molecule has 0 aromatic heterocycles. The van der Waals surface area contributed by atoms with Crippen LogP contribution in [0.3, 0.4) is 0 Å². The van der Waals surface area contributed by atoms with Crippen LogP contribution in [0.5, 0.6) is 0 Å². The Morgan fingerprint density at radius 1 is 1.42 bits per heavy atom. The Hall–Kier alpha value is -0.570. The van der Waals surface area contributed by atoms with E-state index < -0.39 is 0 Å². The van der Waals surface area contributed by atoms with Crippen molar-refractivity contribution in [3.63, 3.8) is 0 Å². The number of nitrogens with two attached hydrogens (primary N) is 1. The highest BCUT2D eigenvalue weighted by atomic mass is 16.2. The first-order valence-electron chi connectivity index (χ1n) is 4.69. The fourth-order valence-corrected chi connectivity index (χ4v) is 2.56. The van der Waals surface area contributed by atoms with Crippen LogP contribution in [-0.2, 0) is 4.79 Å². The van der Waals surface area contributed by atoms with Gasteiger partial charge in [0, 0.05) is 26.1 Å². The summed E-state index contributed by atoms with van der Waals surface area (Å²) < 4.78 is 0. The molecule has 1 aliphatic carbocycles. The van der Waals surface area contributed by atoms with Gasteiger partial charge in [0.25, 0.3) is 0 Å². The SMILES string of the molecule is CC(=O)N1CC2CCC(N)C2C1. The monoisotopic (exact) mass is 168 g/mol. The topological polar surface area (TPSA) is 46.3 Å². The third kappa shape index (κ3) is 1.12. The zero-order valence-electron chi connectivity index (χ0n) is 7.49. The van der Waals surface area contributed by atoms with Crippen LogP contribution < -0.4 is 5.73 Å². The Morgan fingerprint density at radius 3 is 2.75 bits per heavy atom.